The first-order chi connectivity index (χ1) is 12.2. The molecule has 4 rings (SSSR count). The summed E-state index contributed by atoms with van der Waals surface area (Å²) in [5.74, 6) is 1.69. The second-order valence-corrected chi connectivity index (χ2v) is 7.27. The van der Waals surface area contributed by atoms with Gasteiger partial charge in [0.15, 0.2) is 0 Å². The number of hydrogen-bond donors (Lipinski definition) is 2. The van der Waals surface area contributed by atoms with E-state index < -0.39 is 0 Å². The van der Waals surface area contributed by atoms with E-state index in [2.05, 4.69) is 51.9 Å². The molecule has 6 heteroatoms. The van der Waals surface area contributed by atoms with Crippen molar-refractivity contribution in [2.45, 2.75) is 51.2 Å². The highest BCUT2D eigenvalue weighted by atomic mass is 16.2. The van der Waals surface area contributed by atoms with Gasteiger partial charge < -0.3 is 10.6 Å². The van der Waals surface area contributed by atoms with Gasteiger partial charge in [-0.05, 0) is 37.7 Å². The van der Waals surface area contributed by atoms with Crippen molar-refractivity contribution in [2.24, 2.45) is 5.92 Å². The number of nitrogens with zero attached hydrogens (tertiary/aromatic N) is 3. The lowest BCUT2D eigenvalue weighted by atomic mass is 10.0. The molecule has 1 saturated carbocycles. The normalized spacial score (nSPS) is 20.8. The summed E-state index contributed by atoms with van der Waals surface area (Å²) in [6, 6.07) is 8.93. The number of rotatable bonds is 6. The molecule has 0 radical (unpaired) electrons. The molecule has 2 N–H and O–H groups in total. The second-order valence-electron chi connectivity index (χ2n) is 7.27. The summed E-state index contributed by atoms with van der Waals surface area (Å²) in [5, 5.41) is 10.8. The van der Waals surface area contributed by atoms with Gasteiger partial charge in [-0.1, -0.05) is 29.8 Å². The minimum atomic E-state index is 0.0712. The highest BCUT2D eigenvalue weighted by molar-refractivity contribution is 5.78. The van der Waals surface area contributed by atoms with Crippen LogP contribution in [0.25, 0.3) is 0 Å². The zero-order valence-electron chi connectivity index (χ0n) is 14.6. The summed E-state index contributed by atoms with van der Waals surface area (Å²) in [5.41, 5.74) is 2.46. The van der Waals surface area contributed by atoms with Gasteiger partial charge in [-0.3, -0.25) is 4.79 Å². The van der Waals surface area contributed by atoms with Crippen molar-refractivity contribution in [2.75, 3.05) is 6.54 Å². The topological polar surface area (TPSA) is 71.8 Å². The minimum Gasteiger partial charge on any atom is -0.348 e. The SMILES string of the molecule is Cc1ccc([C@@H](NC(=O)CN[C@@H]2CCc3ncnn3C2)C2CC2)cc1. The van der Waals surface area contributed by atoms with E-state index in [4.69, 9.17) is 0 Å². The number of nitrogens with one attached hydrogen (secondary N) is 2. The summed E-state index contributed by atoms with van der Waals surface area (Å²) in [7, 11) is 0. The molecule has 2 aliphatic rings. The van der Waals surface area contributed by atoms with E-state index in [1.54, 1.807) is 6.33 Å². The smallest absolute Gasteiger partial charge is 0.234 e. The van der Waals surface area contributed by atoms with Crippen molar-refractivity contribution in [3.8, 4) is 0 Å². The molecule has 1 fully saturated rings. The molecule has 2 aromatic rings. The Bertz CT molecular complexity index is 735. The Morgan fingerprint density at radius 2 is 2.08 bits per heavy atom. The highest BCUT2D eigenvalue weighted by Crippen LogP contribution is 2.40. The third-order valence-electron chi connectivity index (χ3n) is 5.20. The third kappa shape index (κ3) is 3.90. The van der Waals surface area contributed by atoms with E-state index in [-0.39, 0.29) is 18.0 Å². The fourth-order valence-corrected chi connectivity index (χ4v) is 3.54. The number of amides is 1. The molecule has 25 heavy (non-hydrogen) atoms. The predicted octanol–water partition coefficient (Wildman–Crippen LogP) is 1.76. The minimum absolute atomic E-state index is 0.0712. The summed E-state index contributed by atoms with van der Waals surface area (Å²) in [6.45, 7) is 3.22. The lowest BCUT2D eigenvalue weighted by Crippen LogP contribution is -2.44. The van der Waals surface area contributed by atoms with Crippen molar-refractivity contribution in [1.29, 1.82) is 0 Å². The Morgan fingerprint density at radius 3 is 2.84 bits per heavy atom. The number of aryl methyl sites for hydroxylation is 2. The van der Waals surface area contributed by atoms with Crippen LogP contribution in [-0.2, 0) is 17.8 Å². The number of benzene rings is 1. The average molecular weight is 339 g/mol. The van der Waals surface area contributed by atoms with E-state index in [0.29, 0.717) is 12.5 Å². The fraction of sp³-hybridized carbons (Fsp3) is 0.526. The van der Waals surface area contributed by atoms with E-state index >= 15 is 0 Å². The number of aromatic nitrogens is 3. The molecular weight excluding hydrogens is 314 g/mol. The van der Waals surface area contributed by atoms with Crippen LogP contribution < -0.4 is 10.6 Å². The number of fused-ring (bicyclic) bond motifs is 1. The van der Waals surface area contributed by atoms with Gasteiger partial charge in [0.25, 0.3) is 0 Å². The summed E-state index contributed by atoms with van der Waals surface area (Å²) >= 11 is 0. The molecule has 0 unspecified atom stereocenters. The van der Waals surface area contributed by atoms with Crippen LogP contribution in [0.4, 0.5) is 0 Å². The van der Waals surface area contributed by atoms with E-state index in [0.717, 1.165) is 25.2 Å². The van der Waals surface area contributed by atoms with Gasteiger partial charge in [-0.2, -0.15) is 5.10 Å². The van der Waals surface area contributed by atoms with Crippen molar-refractivity contribution in [1.82, 2.24) is 25.4 Å². The Kier molecular flexibility index (Phi) is 4.53. The van der Waals surface area contributed by atoms with Gasteiger partial charge in [0.2, 0.25) is 5.91 Å². The van der Waals surface area contributed by atoms with Gasteiger partial charge in [-0.25, -0.2) is 9.67 Å². The standard InChI is InChI=1S/C19H25N5O/c1-13-2-4-14(5-3-13)19(15-6-7-15)23-18(25)10-20-16-8-9-17-21-12-22-24(17)11-16/h2-5,12,15-16,19-20H,6-11H2,1H3,(H,23,25)/t16-,19-/m1/s1. The maximum Gasteiger partial charge on any atom is 0.234 e. The monoisotopic (exact) mass is 339 g/mol. The largest absolute Gasteiger partial charge is 0.348 e. The summed E-state index contributed by atoms with van der Waals surface area (Å²) < 4.78 is 1.93. The summed E-state index contributed by atoms with van der Waals surface area (Å²) in [6.07, 6.45) is 5.91. The molecule has 2 atom stereocenters. The molecule has 1 aromatic carbocycles. The first kappa shape index (κ1) is 16.3. The van der Waals surface area contributed by atoms with Crippen molar-refractivity contribution >= 4 is 5.91 Å². The number of hydrogen-bond acceptors (Lipinski definition) is 4. The van der Waals surface area contributed by atoms with E-state index in [1.807, 2.05) is 4.68 Å². The first-order valence-electron chi connectivity index (χ1n) is 9.15. The molecule has 0 spiro atoms. The second kappa shape index (κ2) is 6.96. The van der Waals surface area contributed by atoms with Gasteiger partial charge in [0.05, 0.1) is 19.1 Å². The molecule has 1 aliphatic heterocycles. The molecule has 1 amide bonds. The lowest BCUT2D eigenvalue weighted by molar-refractivity contribution is -0.121. The van der Waals surface area contributed by atoms with E-state index in [9.17, 15) is 4.79 Å². The molecule has 2 heterocycles. The molecule has 0 bridgehead atoms. The highest BCUT2D eigenvalue weighted by Gasteiger charge is 2.33. The number of carbonyl (C=O) groups excluding carboxylic acids is 1. The predicted molar refractivity (Wildman–Crippen MR) is 94.9 cm³/mol. The van der Waals surface area contributed by atoms with Crippen LogP contribution in [0.1, 0.15) is 42.3 Å². The maximum absolute atomic E-state index is 12.5. The Labute approximate surface area is 148 Å². The zero-order valence-corrected chi connectivity index (χ0v) is 14.6. The van der Waals surface area contributed by atoms with Crippen molar-refractivity contribution < 1.29 is 4.79 Å². The Balaban J connectivity index is 1.31. The van der Waals surface area contributed by atoms with Crippen LogP contribution in [-0.4, -0.2) is 33.3 Å². The molecule has 132 valence electrons. The average Bonchev–Trinajstić information content (AvgIpc) is 3.35. The third-order valence-corrected chi connectivity index (χ3v) is 5.20. The fourth-order valence-electron chi connectivity index (χ4n) is 3.54. The molecule has 6 nitrogen and oxygen atoms in total. The summed E-state index contributed by atoms with van der Waals surface area (Å²) in [4.78, 5) is 16.7. The molecule has 1 aliphatic carbocycles. The van der Waals surface area contributed by atoms with Gasteiger partial charge in [0.1, 0.15) is 12.2 Å². The zero-order chi connectivity index (χ0) is 17.2. The van der Waals surface area contributed by atoms with Crippen molar-refractivity contribution in [3.63, 3.8) is 0 Å². The van der Waals surface area contributed by atoms with Crippen LogP contribution in [0.2, 0.25) is 0 Å². The van der Waals surface area contributed by atoms with Gasteiger partial charge >= 0.3 is 0 Å². The van der Waals surface area contributed by atoms with Gasteiger partial charge in [0, 0.05) is 12.5 Å². The number of carbonyl (C=O) groups is 1. The Hall–Kier alpha value is -2.21. The van der Waals surface area contributed by atoms with E-state index in [1.165, 1.54) is 24.0 Å². The quantitative estimate of drug-likeness (QED) is 0.841. The Morgan fingerprint density at radius 1 is 1.28 bits per heavy atom. The molecule has 0 saturated heterocycles. The maximum atomic E-state index is 12.5. The van der Waals surface area contributed by atoms with Crippen LogP contribution in [0.15, 0.2) is 30.6 Å². The van der Waals surface area contributed by atoms with Crippen LogP contribution in [0.3, 0.4) is 0 Å². The first-order valence-corrected chi connectivity index (χ1v) is 9.15. The van der Waals surface area contributed by atoms with Crippen LogP contribution in [0.5, 0.6) is 0 Å². The van der Waals surface area contributed by atoms with Gasteiger partial charge in [-0.15, -0.1) is 0 Å². The lowest BCUT2D eigenvalue weighted by Gasteiger charge is -2.24. The molecular formula is C19H25N5O. The molecule has 1 aromatic heterocycles. The van der Waals surface area contributed by atoms with Crippen molar-refractivity contribution in [3.05, 3.63) is 47.5 Å². The van der Waals surface area contributed by atoms with Crippen LogP contribution in [0, 0.1) is 12.8 Å². The van der Waals surface area contributed by atoms with Crippen LogP contribution >= 0.6 is 0 Å².